The minimum absolute atomic E-state index is 0.0602. The van der Waals surface area contributed by atoms with Crippen LogP contribution in [0.5, 0.6) is 0 Å². The molecule has 0 heterocycles. The minimum Gasteiger partial charge on any atom is -0.393 e. The molecule has 1 aromatic rings. The van der Waals surface area contributed by atoms with Gasteiger partial charge in [0.25, 0.3) is 5.69 Å². The van der Waals surface area contributed by atoms with E-state index in [-0.39, 0.29) is 10.6 Å². The number of unbranched alkanes of at least 4 members (excludes halogenated alkanes) is 2. The first kappa shape index (κ1) is 15.4. The van der Waals surface area contributed by atoms with Gasteiger partial charge in [-0.15, -0.1) is 0 Å². The lowest BCUT2D eigenvalue weighted by molar-refractivity contribution is -0.384. The van der Waals surface area contributed by atoms with Crippen molar-refractivity contribution < 1.29 is 13.3 Å². The van der Waals surface area contributed by atoms with E-state index in [2.05, 4.69) is 4.72 Å². The van der Waals surface area contributed by atoms with Crippen LogP contribution in [0.3, 0.4) is 0 Å². The number of anilines is 1. The fraction of sp³-hybridized carbons (Fsp3) is 0.455. The van der Waals surface area contributed by atoms with Crippen LogP contribution in [0.4, 0.5) is 11.4 Å². The van der Waals surface area contributed by atoms with Crippen LogP contribution in [0.1, 0.15) is 26.2 Å². The van der Waals surface area contributed by atoms with Crippen LogP contribution in [-0.2, 0) is 10.0 Å². The lowest BCUT2D eigenvalue weighted by atomic mass is 10.3. The number of nitro groups is 1. The van der Waals surface area contributed by atoms with Gasteiger partial charge >= 0.3 is 0 Å². The summed E-state index contributed by atoms with van der Waals surface area (Å²) in [5.41, 5.74) is 4.95. The van der Waals surface area contributed by atoms with Gasteiger partial charge in [-0.05, 0) is 18.6 Å². The maximum atomic E-state index is 11.9. The van der Waals surface area contributed by atoms with Crippen LogP contribution in [0, 0.1) is 10.1 Å². The average Bonchev–Trinajstić information content (AvgIpc) is 2.34. The van der Waals surface area contributed by atoms with E-state index in [1.807, 2.05) is 6.92 Å². The van der Waals surface area contributed by atoms with Gasteiger partial charge < -0.3 is 5.73 Å². The van der Waals surface area contributed by atoms with Gasteiger partial charge in [0.2, 0.25) is 10.0 Å². The van der Waals surface area contributed by atoms with E-state index in [4.69, 9.17) is 5.73 Å². The number of nitrogens with one attached hydrogen (secondary N) is 1. The first-order chi connectivity index (χ1) is 8.88. The van der Waals surface area contributed by atoms with Crippen molar-refractivity contribution in [2.75, 3.05) is 12.3 Å². The van der Waals surface area contributed by atoms with E-state index in [0.717, 1.165) is 25.3 Å². The Bertz CT molecular complexity index is 557. The van der Waals surface area contributed by atoms with Crippen LogP contribution in [0.25, 0.3) is 0 Å². The third-order valence-electron chi connectivity index (χ3n) is 2.58. The van der Waals surface area contributed by atoms with Crippen molar-refractivity contribution in [1.82, 2.24) is 4.72 Å². The second-order valence-electron chi connectivity index (χ2n) is 4.08. The molecule has 0 saturated heterocycles. The molecule has 0 saturated carbocycles. The molecule has 19 heavy (non-hydrogen) atoms. The molecule has 0 aliphatic heterocycles. The van der Waals surface area contributed by atoms with Gasteiger partial charge in [0.05, 0.1) is 9.82 Å². The van der Waals surface area contributed by atoms with Gasteiger partial charge in [-0.1, -0.05) is 19.8 Å². The summed E-state index contributed by atoms with van der Waals surface area (Å²) in [6, 6.07) is 3.45. The van der Waals surface area contributed by atoms with Gasteiger partial charge in [0.1, 0.15) is 5.69 Å². The highest BCUT2D eigenvalue weighted by atomic mass is 32.2. The fourth-order valence-corrected chi connectivity index (χ4v) is 2.61. The molecule has 0 aromatic heterocycles. The number of nitro benzene ring substituents is 1. The Balaban J connectivity index is 2.89. The number of sulfonamides is 1. The Kier molecular flexibility index (Phi) is 5.25. The van der Waals surface area contributed by atoms with Gasteiger partial charge in [0.15, 0.2) is 0 Å². The Morgan fingerprint density at radius 2 is 2.05 bits per heavy atom. The third kappa shape index (κ3) is 4.18. The highest BCUT2D eigenvalue weighted by molar-refractivity contribution is 7.89. The number of rotatable bonds is 7. The van der Waals surface area contributed by atoms with Crippen molar-refractivity contribution in [2.45, 2.75) is 31.1 Å². The molecule has 0 bridgehead atoms. The molecule has 0 aliphatic carbocycles. The smallest absolute Gasteiger partial charge is 0.293 e. The average molecular weight is 287 g/mol. The van der Waals surface area contributed by atoms with E-state index in [9.17, 15) is 18.5 Å². The summed E-state index contributed by atoms with van der Waals surface area (Å²) < 4.78 is 26.2. The highest BCUT2D eigenvalue weighted by Crippen LogP contribution is 2.24. The molecule has 8 heteroatoms. The van der Waals surface area contributed by atoms with Gasteiger partial charge in [-0.3, -0.25) is 10.1 Å². The van der Waals surface area contributed by atoms with Crippen LogP contribution in [0.15, 0.2) is 23.1 Å². The van der Waals surface area contributed by atoms with Crippen LogP contribution in [0.2, 0.25) is 0 Å². The Morgan fingerprint density at radius 1 is 1.37 bits per heavy atom. The zero-order chi connectivity index (χ0) is 14.5. The van der Waals surface area contributed by atoms with Gasteiger partial charge in [0, 0.05) is 12.6 Å². The lowest BCUT2D eigenvalue weighted by Gasteiger charge is -2.07. The van der Waals surface area contributed by atoms with E-state index < -0.39 is 20.6 Å². The topological polar surface area (TPSA) is 115 Å². The number of nitrogens with two attached hydrogens (primary N) is 1. The summed E-state index contributed by atoms with van der Waals surface area (Å²) in [6.07, 6.45) is 2.63. The quantitative estimate of drug-likeness (QED) is 0.342. The van der Waals surface area contributed by atoms with Crippen molar-refractivity contribution in [2.24, 2.45) is 0 Å². The molecule has 1 rings (SSSR count). The Hall–Kier alpha value is -1.67. The molecule has 0 fully saturated rings. The first-order valence-electron chi connectivity index (χ1n) is 5.92. The second-order valence-corrected chi connectivity index (χ2v) is 5.85. The Labute approximate surface area is 112 Å². The molecule has 0 spiro atoms. The van der Waals surface area contributed by atoms with E-state index >= 15 is 0 Å². The zero-order valence-electron chi connectivity index (χ0n) is 10.6. The molecule has 0 amide bonds. The Morgan fingerprint density at radius 3 is 2.63 bits per heavy atom. The summed E-state index contributed by atoms with van der Waals surface area (Å²) in [4.78, 5) is 9.86. The van der Waals surface area contributed by atoms with Crippen LogP contribution in [-0.4, -0.2) is 19.9 Å². The number of hydrogen-bond acceptors (Lipinski definition) is 5. The maximum Gasteiger partial charge on any atom is 0.293 e. The second kappa shape index (κ2) is 6.48. The molecule has 7 nitrogen and oxygen atoms in total. The summed E-state index contributed by atoms with van der Waals surface area (Å²) in [7, 11) is -3.72. The van der Waals surface area contributed by atoms with E-state index in [1.165, 1.54) is 12.1 Å². The van der Waals surface area contributed by atoms with Crippen LogP contribution >= 0.6 is 0 Å². The molecule has 0 aliphatic rings. The summed E-state index contributed by atoms with van der Waals surface area (Å²) in [5.74, 6) is 0. The summed E-state index contributed by atoms with van der Waals surface area (Å²) >= 11 is 0. The highest BCUT2D eigenvalue weighted by Gasteiger charge is 2.19. The number of nitrogens with zero attached hydrogens (tertiary/aromatic N) is 1. The van der Waals surface area contributed by atoms with Crippen molar-refractivity contribution in [3.63, 3.8) is 0 Å². The van der Waals surface area contributed by atoms with Crippen molar-refractivity contribution in [1.29, 1.82) is 0 Å². The molecule has 3 N–H and O–H groups in total. The number of benzene rings is 1. The standard InChI is InChI=1S/C11H17N3O4S/c1-2-3-4-7-13-19(17,18)9-5-6-10(12)11(8-9)14(15)16/h5-6,8,13H,2-4,7,12H2,1H3. The number of nitrogen functional groups attached to an aromatic ring is 1. The molecular formula is C11H17N3O4S. The normalized spacial score (nSPS) is 11.4. The van der Waals surface area contributed by atoms with Crippen molar-refractivity contribution >= 4 is 21.4 Å². The summed E-state index contributed by atoms with van der Waals surface area (Å²) in [5, 5.41) is 10.7. The molecule has 0 radical (unpaired) electrons. The van der Waals surface area contributed by atoms with Crippen molar-refractivity contribution in [3.8, 4) is 0 Å². The van der Waals surface area contributed by atoms with Crippen molar-refractivity contribution in [3.05, 3.63) is 28.3 Å². The van der Waals surface area contributed by atoms with Gasteiger partial charge in [-0.2, -0.15) is 0 Å². The zero-order valence-corrected chi connectivity index (χ0v) is 11.4. The van der Waals surface area contributed by atoms with E-state index in [1.54, 1.807) is 0 Å². The maximum absolute atomic E-state index is 11.9. The SMILES string of the molecule is CCCCCNS(=O)(=O)c1ccc(N)c([N+](=O)[O-])c1. The molecule has 0 atom stereocenters. The molecular weight excluding hydrogens is 270 g/mol. The molecule has 106 valence electrons. The predicted octanol–water partition coefficient (Wildman–Crippen LogP) is 1.65. The first-order valence-corrected chi connectivity index (χ1v) is 7.40. The summed E-state index contributed by atoms with van der Waals surface area (Å²) in [6.45, 7) is 2.33. The van der Waals surface area contributed by atoms with Crippen LogP contribution < -0.4 is 10.5 Å². The van der Waals surface area contributed by atoms with Gasteiger partial charge in [-0.25, -0.2) is 13.1 Å². The molecule has 1 aromatic carbocycles. The lowest BCUT2D eigenvalue weighted by Crippen LogP contribution is -2.24. The minimum atomic E-state index is -3.72. The predicted molar refractivity (Wildman–Crippen MR) is 72.2 cm³/mol. The third-order valence-corrected chi connectivity index (χ3v) is 4.04. The fourth-order valence-electron chi connectivity index (χ4n) is 1.51. The number of hydrogen-bond donors (Lipinski definition) is 2. The largest absolute Gasteiger partial charge is 0.393 e. The molecule has 0 unspecified atom stereocenters. The van der Waals surface area contributed by atoms with E-state index in [0.29, 0.717) is 6.54 Å². The monoisotopic (exact) mass is 287 g/mol.